The van der Waals surface area contributed by atoms with Crippen molar-refractivity contribution in [3.05, 3.63) is 35.9 Å². The number of nitrogens with zero attached hydrogens (tertiary/aromatic N) is 1. The van der Waals surface area contributed by atoms with Crippen LogP contribution in [0.25, 0.3) is 0 Å². The Hall–Kier alpha value is -1.35. The summed E-state index contributed by atoms with van der Waals surface area (Å²) in [6, 6.07) is 10.9. The molecule has 0 bridgehead atoms. The second kappa shape index (κ2) is 7.44. The Morgan fingerprint density at radius 3 is 2.45 bits per heavy atom. The Morgan fingerprint density at radius 1 is 1.15 bits per heavy atom. The van der Waals surface area contributed by atoms with E-state index in [-0.39, 0.29) is 18.0 Å². The van der Waals surface area contributed by atoms with E-state index in [1.165, 1.54) is 5.56 Å². The van der Waals surface area contributed by atoms with Crippen LogP contribution in [0.15, 0.2) is 30.3 Å². The molecule has 0 aromatic heterocycles. The topological polar surface area (TPSA) is 29.5 Å². The van der Waals surface area contributed by atoms with E-state index in [4.69, 9.17) is 4.74 Å². The first-order valence-electron chi connectivity index (χ1n) is 7.61. The van der Waals surface area contributed by atoms with Gasteiger partial charge in [0.1, 0.15) is 0 Å². The van der Waals surface area contributed by atoms with Crippen LogP contribution in [0.3, 0.4) is 0 Å². The minimum Gasteiger partial charge on any atom is -0.377 e. The minimum absolute atomic E-state index is 0.209. The minimum atomic E-state index is 0.209. The molecular formula is C17H25NO2. The molecule has 1 aliphatic heterocycles. The first-order valence-corrected chi connectivity index (χ1v) is 7.61. The van der Waals surface area contributed by atoms with Gasteiger partial charge in [-0.2, -0.15) is 0 Å². The van der Waals surface area contributed by atoms with Crippen LogP contribution in [0.4, 0.5) is 0 Å². The van der Waals surface area contributed by atoms with Crippen LogP contribution in [0.2, 0.25) is 0 Å². The Labute approximate surface area is 121 Å². The standard InChI is InChI=1S/C17H25NO2/c1-14-12-20-13-15(2)18(14)17(19)11-7-6-10-16-8-4-3-5-9-16/h3-5,8-9,14-15H,6-7,10-13H2,1-2H3. The number of amides is 1. The first kappa shape index (κ1) is 15.0. The van der Waals surface area contributed by atoms with E-state index in [0.717, 1.165) is 19.3 Å². The molecule has 1 saturated heterocycles. The molecule has 0 N–H and O–H groups in total. The second-order valence-corrected chi connectivity index (χ2v) is 5.73. The summed E-state index contributed by atoms with van der Waals surface area (Å²) < 4.78 is 5.46. The molecular weight excluding hydrogens is 250 g/mol. The van der Waals surface area contributed by atoms with Crippen molar-refractivity contribution in [1.82, 2.24) is 4.90 Å². The van der Waals surface area contributed by atoms with Crippen molar-refractivity contribution in [2.45, 2.75) is 51.6 Å². The van der Waals surface area contributed by atoms with Crippen molar-refractivity contribution in [2.24, 2.45) is 0 Å². The molecule has 1 fully saturated rings. The van der Waals surface area contributed by atoms with Crippen LogP contribution in [-0.2, 0) is 16.0 Å². The molecule has 0 aliphatic carbocycles. The van der Waals surface area contributed by atoms with E-state index in [0.29, 0.717) is 19.6 Å². The number of ether oxygens (including phenoxy) is 1. The van der Waals surface area contributed by atoms with Crippen LogP contribution < -0.4 is 0 Å². The van der Waals surface area contributed by atoms with Crippen LogP contribution in [0, 0.1) is 0 Å². The summed E-state index contributed by atoms with van der Waals surface area (Å²) in [7, 11) is 0. The molecule has 110 valence electrons. The lowest BCUT2D eigenvalue weighted by molar-refractivity contribution is -0.144. The van der Waals surface area contributed by atoms with Gasteiger partial charge in [-0.1, -0.05) is 30.3 Å². The van der Waals surface area contributed by atoms with Crippen LogP contribution in [0.5, 0.6) is 0 Å². The second-order valence-electron chi connectivity index (χ2n) is 5.73. The maximum Gasteiger partial charge on any atom is 0.223 e. The van der Waals surface area contributed by atoms with Gasteiger partial charge in [0.05, 0.1) is 25.3 Å². The molecule has 1 aromatic rings. The quantitative estimate of drug-likeness (QED) is 0.773. The molecule has 1 heterocycles. The number of benzene rings is 1. The van der Waals surface area contributed by atoms with Gasteiger partial charge in [-0.3, -0.25) is 4.79 Å². The Balaban J connectivity index is 1.72. The highest BCUT2D eigenvalue weighted by Gasteiger charge is 2.28. The largest absolute Gasteiger partial charge is 0.377 e. The van der Waals surface area contributed by atoms with Gasteiger partial charge >= 0.3 is 0 Å². The fourth-order valence-electron chi connectivity index (χ4n) is 2.87. The molecule has 3 heteroatoms. The highest BCUT2D eigenvalue weighted by atomic mass is 16.5. The molecule has 1 aliphatic rings. The van der Waals surface area contributed by atoms with E-state index in [2.05, 4.69) is 38.1 Å². The number of unbranched alkanes of at least 4 members (excludes halogenated alkanes) is 1. The van der Waals surface area contributed by atoms with Crippen molar-refractivity contribution < 1.29 is 9.53 Å². The predicted octanol–water partition coefficient (Wildman–Crippen LogP) is 3.04. The number of rotatable bonds is 5. The van der Waals surface area contributed by atoms with E-state index in [9.17, 15) is 4.79 Å². The van der Waals surface area contributed by atoms with Gasteiger partial charge < -0.3 is 9.64 Å². The highest BCUT2D eigenvalue weighted by Crippen LogP contribution is 2.16. The lowest BCUT2D eigenvalue weighted by Crippen LogP contribution is -2.52. The van der Waals surface area contributed by atoms with Crippen LogP contribution in [-0.4, -0.2) is 36.1 Å². The lowest BCUT2D eigenvalue weighted by Gasteiger charge is -2.38. The molecule has 1 amide bonds. The third-order valence-corrected chi connectivity index (χ3v) is 3.90. The summed E-state index contributed by atoms with van der Waals surface area (Å²) in [5, 5.41) is 0. The van der Waals surface area contributed by atoms with Crippen molar-refractivity contribution in [3.8, 4) is 0 Å². The number of hydrogen-bond donors (Lipinski definition) is 0. The van der Waals surface area contributed by atoms with Crippen molar-refractivity contribution in [1.29, 1.82) is 0 Å². The first-order chi connectivity index (χ1) is 9.68. The fraction of sp³-hybridized carbons (Fsp3) is 0.588. The van der Waals surface area contributed by atoms with Gasteiger partial charge in [0.25, 0.3) is 0 Å². The average Bonchev–Trinajstić information content (AvgIpc) is 2.44. The van der Waals surface area contributed by atoms with Crippen molar-refractivity contribution in [2.75, 3.05) is 13.2 Å². The van der Waals surface area contributed by atoms with Gasteiger partial charge in [-0.05, 0) is 38.7 Å². The molecule has 20 heavy (non-hydrogen) atoms. The fourth-order valence-corrected chi connectivity index (χ4v) is 2.87. The SMILES string of the molecule is CC1COCC(C)N1C(=O)CCCCc1ccccc1. The number of hydrogen-bond acceptors (Lipinski definition) is 2. The zero-order valence-electron chi connectivity index (χ0n) is 12.5. The maximum absolute atomic E-state index is 12.3. The molecule has 3 nitrogen and oxygen atoms in total. The van der Waals surface area contributed by atoms with E-state index >= 15 is 0 Å². The Bertz CT molecular complexity index is 408. The average molecular weight is 275 g/mol. The zero-order valence-corrected chi connectivity index (χ0v) is 12.5. The third-order valence-electron chi connectivity index (χ3n) is 3.90. The zero-order chi connectivity index (χ0) is 14.4. The normalized spacial score (nSPS) is 22.8. The van der Waals surface area contributed by atoms with Gasteiger partial charge in [-0.25, -0.2) is 0 Å². The Morgan fingerprint density at radius 2 is 1.80 bits per heavy atom. The van der Waals surface area contributed by atoms with Gasteiger partial charge in [0.15, 0.2) is 0 Å². The number of morpholine rings is 1. The molecule has 0 saturated carbocycles. The summed E-state index contributed by atoms with van der Waals surface area (Å²) in [6.07, 6.45) is 3.75. The van der Waals surface area contributed by atoms with Crippen LogP contribution in [0.1, 0.15) is 38.7 Å². The molecule has 0 radical (unpaired) electrons. The van der Waals surface area contributed by atoms with E-state index < -0.39 is 0 Å². The predicted molar refractivity (Wildman–Crippen MR) is 80.6 cm³/mol. The summed E-state index contributed by atoms with van der Waals surface area (Å²) in [6.45, 7) is 5.47. The maximum atomic E-state index is 12.3. The van der Waals surface area contributed by atoms with Gasteiger partial charge in [0, 0.05) is 6.42 Å². The smallest absolute Gasteiger partial charge is 0.223 e. The van der Waals surface area contributed by atoms with Gasteiger partial charge in [-0.15, -0.1) is 0 Å². The van der Waals surface area contributed by atoms with E-state index in [1.807, 2.05) is 11.0 Å². The van der Waals surface area contributed by atoms with E-state index in [1.54, 1.807) is 0 Å². The number of carbonyl (C=O) groups is 1. The summed E-state index contributed by atoms with van der Waals surface area (Å²) in [5.74, 6) is 0.279. The lowest BCUT2D eigenvalue weighted by atomic mass is 10.1. The monoisotopic (exact) mass is 275 g/mol. The third kappa shape index (κ3) is 4.07. The highest BCUT2D eigenvalue weighted by molar-refractivity contribution is 5.76. The Kier molecular flexibility index (Phi) is 5.60. The summed E-state index contributed by atoms with van der Waals surface area (Å²) >= 11 is 0. The molecule has 1 aromatic carbocycles. The molecule has 2 rings (SSSR count). The molecule has 0 spiro atoms. The molecule has 2 atom stereocenters. The molecule has 2 unspecified atom stereocenters. The van der Waals surface area contributed by atoms with Crippen molar-refractivity contribution in [3.63, 3.8) is 0 Å². The number of aryl methyl sites for hydroxylation is 1. The summed E-state index contributed by atoms with van der Waals surface area (Å²) in [5.41, 5.74) is 1.35. The van der Waals surface area contributed by atoms with Gasteiger partial charge in [0.2, 0.25) is 5.91 Å². The summed E-state index contributed by atoms with van der Waals surface area (Å²) in [4.78, 5) is 14.3. The number of carbonyl (C=O) groups excluding carboxylic acids is 1. The van der Waals surface area contributed by atoms with Crippen LogP contribution >= 0.6 is 0 Å². The van der Waals surface area contributed by atoms with Crippen molar-refractivity contribution >= 4 is 5.91 Å².